The van der Waals surface area contributed by atoms with Crippen molar-refractivity contribution in [3.63, 3.8) is 0 Å². The van der Waals surface area contributed by atoms with Gasteiger partial charge >= 0.3 is 6.18 Å². The summed E-state index contributed by atoms with van der Waals surface area (Å²) in [7, 11) is -3.27. The molecule has 5 nitrogen and oxygen atoms in total. The zero-order valence-electron chi connectivity index (χ0n) is 9.48. The molecule has 1 fully saturated rings. The van der Waals surface area contributed by atoms with Gasteiger partial charge in [0.25, 0.3) is 0 Å². The number of aliphatic hydroxyl groups excluding tert-OH is 1. The molecule has 1 aromatic heterocycles. The maximum atomic E-state index is 12.7. The van der Waals surface area contributed by atoms with Crippen molar-refractivity contribution >= 4 is 21.4 Å². The molecule has 2 heterocycles. The summed E-state index contributed by atoms with van der Waals surface area (Å²) in [5.41, 5.74) is -1.80. The summed E-state index contributed by atoms with van der Waals surface area (Å²) >= 11 is 5.75. The summed E-state index contributed by atoms with van der Waals surface area (Å²) in [4.78, 5) is 0. The fourth-order valence-electron chi connectivity index (χ4n) is 2.03. The van der Waals surface area contributed by atoms with E-state index >= 15 is 0 Å². The van der Waals surface area contributed by atoms with E-state index in [0.717, 1.165) is 4.68 Å². The van der Waals surface area contributed by atoms with Crippen LogP contribution in [0.4, 0.5) is 13.2 Å². The van der Waals surface area contributed by atoms with Crippen LogP contribution in [0.1, 0.15) is 23.7 Å². The summed E-state index contributed by atoms with van der Waals surface area (Å²) in [5, 5.41) is 11.9. The van der Waals surface area contributed by atoms with E-state index in [0.29, 0.717) is 0 Å². The van der Waals surface area contributed by atoms with Gasteiger partial charge in [-0.15, -0.1) is 0 Å². The van der Waals surface area contributed by atoms with Gasteiger partial charge in [0.15, 0.2) is 15.5 Å². The van der Waals surface area contributed by atoms with E-state index < -0.39 is 39.9 Å². The molecule has 1 saturated heterocycles. The molecule has 0 aliphatic carbocycles. The van der Waals surface area contributed by atoms with Crippen molar-refractivity contribution < 1.29 is 26.7 Å². The Morgan fingerprint density at radius 3 is 2.47 bits per heavy atom. The van der Waals surface area contributed by atoms with E-state index in [1.807, 2.05) is 0 Å². The monoisotopic (exact) mass is 318 g/mol. The Labute approximate surface area is 111 Å². The Morgan fingerprint density at radius 2 is 2.11 bits per heavy atom. The molecule has 0 bridgehead atoms. The van der Waals surface area contributed by atoms with Crippen molar-refractivity contribution in [2.75, 3.05) is 11.5 Å². The Hall–Kier alpha value is -0.800. The van der Waals surface area contributed by atoms with Crippen molar-refractivity contribution in [1.29, 1.82) is 0 Å². The number of halogens is 4. The molecule has 19 heavy (non-hydrogen) atoms. The van der Waals surface area contributed by atoms with Gasteiger partial charge in [0.1, 0.15) is 5.15 Å². The highest BCUT2D eigenvalue weighted by Crippen LogP contribution is 2.37. The lowest BCUT2D eigenvalue weighted by atomic mass is 10.2. The lowest BCUT2D eigenvalue weighted by molar-refractivity contribution is -0.142. The Balaban J connectivity index is 2.46. The van der Waals surface area contributed by atoms with Gasteiger partial charge < -0.3 is 5.11 Å². The van der Waals surface area contributed by atoms with Gasteiger partial charge in [-0.25, -0.2) is 13.1 Å². The first-order valence-electron chi connectivity index (χ1n) is 5.31. The van der Waals surface area contributed by atoms with Gasteiger partial charge in [0, 0.05) is 5.56 Å². The standard InChI is InChI=1S/C9H10ClF3N2O3S/c10-8-6(3-16)7(9(11,12)13)14-15(8)5-1-2-19(17,18)4-5/h5,16H,1-4H2. The molecule has 1 N–H and O–H groups in total. The number of rotatable bonds is 2. The third-order valence-electron chi connectivity index (χ3n) is 2.92. The zero-order chi connectivity index (χ0) is 14.4. The third-order valence-corrected chi connectivity index (χ3v) is 5.08. The Bertz CT molecular complexity index is 597. The van der Waals surface area contributed by atoms with Crippen molar-refractivity contribution in [1.82, 2.24) is 9.78 Å². The second kappa shape index (κ2) is 4.64. The Morgan fingerprint density at radius 1 is 1.47 bits per heavy atom. The van der Waals surface area contributed by atoms with Crippen LogP contribution in [0.5, 0.6) is 0 Å². The molecule has 0 radical (unpaired) electrons. The molecule has 1 unspecified atom stereocenters. The first-order valence-corrected chi connectivity index (χ1v) is 7.51. The summed E-state index contributed by atoms with van der Waals surface area (Å²) < 4.78 is 61.6. The largest absolute Gasteiger partial charge is 0.435 e. The number of nitrogens with zero attached hydrogens (tertiary/aromatic N) is 2. The molecule has 1 atom stereocenters. The molecular formula is C9H10ClF3N2O3S. The average molecular weight is 319 g/mol. The number of hydrogen-bond donors (Lipinski definition) is 1. The van der Waals surface area contributed by atoms with E-state index in [-0.39, 0.29) is 23.1 Å². The fraction of sp³-hybridized carbons (Fsp3) is 0.667. The van der Waals surface area contributed by atoms with Crippen molar-refractivity contribution in [3.05, 3.63) is 16.4 Å². The van der Waals surface area contributed by atoms with E-state index in [9.17, 15) is 21.6 Å². The predicted molar refractivity (Wildman–Crippen MR) is 60.5 cm³/mol. The number of hydrogen-bond acceptors (Lipinski definition) is 4. The predicted octanol–water partition coefficient (Wildman–Crippen LogP) is 1.41. The fourth-order valence-corrected chi connectivity index (χ4v) is 4.04. The maximum Gasteiger partial charge on any atom is 0.435 e. The summed E-state index contributed by atoms with van der Waals surface area (Å²) in [6, 6.07) is -0.723. The Kier molecular flexibility index (Phi) is 3.56. The first-order chi connectivity index (χ1) is 8.65. The van der Waals surface area contributed by atoms with Crippen LogP contribution in [0, 0.1) is 0 Å². The van der Waals surface area contributed by atoms with Crippen LogP contribution in [-0.2, 0) is 22.6 Å². The quantitative estimate of drug-likeness (QED) is 0.895. The van der Waals surface area contributed by atoms with Crippen LogP contribution in [0.3, 0.4) is 0 Å². The van der Waals surface area contributed by atoms with Crippen LogP contribution in [0.15, 0.2) is 0 Å². The zero-order valence-corrected chi connectivity index (χ0v) is 11.1. The summed E-state index contributed by atoms with van der Waals surface area (Å²) in [5.74, 6) is -0.403. The number of aliphatic hydroxyl groups is 1. The average Bonchev–Trinajstić information content (AvgIpc) is 2.77. The van der Waals surface area contributed by atoms with Crippen molar-refractivity contribution in [3.8, 4) is 0 Å². The molecule has 0 aromatic carbocycles. The molecule has 10 heteroatoms. The topological polar surface area (TPSA) is 72.2 Å². The lowest BCUT2D eigenvalue weighted by Crippen LogP contribution is -2.14. The molecule has 0 saturated carbocycles. The van der Waals surface area contributed by atoms with Gasteiger partial charge in [-0.3, -0.25) is 0 Å². The third kappa shape index (κ3) is 2.72. The highest BCUT2D eigenvalue weighted by molar-refractivity contribution is 7.91. The number of alkyl halides is 3. The summed E-state index contributed by atoms with van der Waals surface area (Å²) in [6.45, 7) is -0.910. The van der Waals surface area contributed by atoms with Crippen LogP contribution in [-0.4, -0.2) is 34.8 Å². The van der Waals surface area contributed by atoms with E-state index in [1.165, 1.54) is 0 Å². The smallest absolute Gasteiger partial charge is 0.391 e. The van der Waals surface area contributed by atoms with Crippen LogP contribution in [0.2, 0.25) is 5.15 Å². The SMILES string of the molecule is O=S1(=O)CCC(n2nc(C(F)(F)F)c(CO)c2Cl)C1. The highest BCUT2D eigenvalue weighted by Gasteiger charge is 2.41. The van der Waals surface area contributed by atoms with Crippen molar-refractivity contribution in [2.24, 2.45) is 0 Å². The summed E-state index contributed by atoms with van der Waals surface area (Å²) in [6.07, 6.45) is -4.59. The van der Waals surface area contributed by atoms with Crippen LogP contribution >= 0.6 is 11.6 Å². The molecule has 1 aliphatic rings. The molecule has 1 aliphatic heterocycles. The normalized spacial score (nSPS) is 22.9. The van der Waals surface area contributed by atoms with E-state index in [1.54, 1.807) is 0 Å². The van der Waals surface area contributed by atoms with Gasteiger partial charge in [0.2, 0.25) is 0 Å². The van der Waals surface area contributed by atoms with E-state index in [2.05, 4.69) is 5.10 Å². The number of aromatic nitrogens is 2. The lowest BCUT2D eigenvalue weighted by Gasteiger charge is -2.09. The van der Waals surface area contributed by atoms with Gasteiger partial charge in [-0.05, 0) is 6.42 Å². The van der Waals surface area contributed by atoms with E-state index in [4.69, 9.17) is 16.7 Å². The molecule has 0 spiro atoms. The molecule has 0 amide bonds. The van der Waals surface area contributed by atoms with Gasteiger partial charge in [-0.1, -0.05) is 11.6 Å². The molecule has 108 valence electrons. The minimum absolute atomic E-state index is 0.107. The highest BCUT2D eigenvalue weighted by atomic mass is 35.5. The molecule has 1 aromatic rings. The van der Waals surface area contributed by atoms with Crippen LogP contribution < -0.4 is 0 Å². The molecular weight excluding hydrogens is 309 g/mol. The number of sulfone groups is 1. The van der Waals surface area contributed by atoms with Crippen molar-refractivity contribution in [2.45, 2.75) is 25.2 Å². The first kappa shape index (κ1) is 14.6. The second-order valence-electron chi connectivity index (χ2n) is 4.28. The van der Waals surface area contributed by atoms with Gasteiger partial charge in [-0.2, -0.15) is 18.3 Å². The second-order valence-corrected chi connectivity index (χ2v) is 6.86. The minimum atomic E-state index is -4.75. The molecule has 2 rings (SSSR count). The minimum Gasteiger partial charge on any atom is -0.391 e. The maximum absolute atomic E-state index is 12.7. The van der Waals surface area contributed by atoms with Gasteiger partial charge in [0.05, 0.1) is 24.2 Å². The van der Waals surface area contributed by atoms with Crippen LogP contribution in [0.25, 0.3) is 0 Å².